The maximum absolute atomic E-state index is 12.4. The Hall–Kier alpha value is -2.44. The molecule has 8 heteroatoms. The minimum atomic E-state index is -1.23. The summed E-state index contributed by atoms with van der Waals surface area (Å²) >= 11 is 11.7. The number of hydrazine groups is 1. The molecule has 2 N–H and O–H groups in total. The normalized spacial score (nSPS) is 10.8. The van der Waals surface area contributed by atoms with Crippen LogP contribution >= 0.6 is 23.2 Å². The van der Waals surface area contributed by atoms with Gasteiger partial charge < -0.3 is 9.47 Å². The van der Waals surface area contributed by atoms with Crippen molar-refractivity contribution in [3.63, 3.8) is 0 Å². The van der Waals surface area contributed by atoms with E-state index in [0.717, 1.165) is 0 Å². The number of hydrogen-bond donors (Lipinski definition) is 2. The molecule has 0 bridgehead atoms. The molecule has 0 spiro atoms. The van der Waals surface area contributed by atoms with E-state index in [1.165, 1.54) is 19.2 Å². The van der Waals surface area contributed by atoms with E-state index in [9.17, 15) is 9.59 Å². The second-order valence-electron chi connectivity index (χ2n) is 5.82. The molecule has 2 aromatic carbocycles. The maximum Gasteiger partial charge on any atom is 0.281 e. The Bertz CT molecular complexity index is 807. The molecular formula is C18H18Cl2N2O4. The third kappa shape index (κ3) is 5.03. The van der Waals surface area contributed by atoms with Crippen LogP contribution < -0.4 is 20.3 Å². The quantitative estimate of drug-likeness (QED) is 0.756. The van der Waals surface area contributed by atoms with Crippen molar-refractivity contribution >= 4 is 35.0 Å². The van der Waals surface area contributed by atoms with Gasteiger partial charge in [-0.25, -0.2) is 0 Å². The average molecular weight is 397 g/mol. The molecule has 0 atom stereocenters. The Kier molecular flexibility index (Phi) is 6.34. The number of carbonyl (C=O) groups is 2. The van der Waals surface area contributed by atoms with Gasteiger partial charge in [0.2, 0.25) is 0 Å². The SMILES string of the molecule is COc1cc(Cl)ccc1C(=O)NNC(=O)C(C)(C)Oc1ccc(Cl)cc1. The maximum atomic E-state index is 12.4. The minimum absolute atomic E-state index is 0.230. The topological polar surface area (TPSA) is 76.7 Å². The summed E-state index contributed by atoms with van der Waals surface area (Å²) in [6.45, 7) is 3.15. The molecule has 26 heavy (non-hydrogen) atoms. The van der Waals surface area contributed by atoms with Crippen molar-refractivity contribution < 1.29 is 19.1 Å². The van der Waals surface area contributed by atoms with Gasteiger partial charge in [-0.05, 0) is 56.3 Å². The molecule has 0 fully saturated rings. The van der Waals surface area contributed by atoms with Crippen LogP contribution in [0.15, 0.2) is 42.5 Å². The lowest BCUT2D eigenvalue weighted by Gasteiger charge is -2.25. The number of ether oxygens (including phenoxy) is 2. The number of nitrogens with one attached hydrogen (secondary N) is 2. The van der Waals surface area contributed by atoms with Gasteiger partial charge in [-0.15, -0.1) is 0 Å². The Balaban J connectivity index is 2.00. The van der Waals surface area contributed by atoms with E-state index >= 15 is 0 Å². The van der Waals surface area contributed by atoms with Crippen LogP contribution in [0.5, 0.6) is 11.5 Å². The fourth-order valence-electron chi connectivity index (χ4n) is 2.03. The minimum Gasteiger partial charge on any atom is -0.496 e. The monoisotopic (exact) mass is 396 g/mol. The molecule has 2 amide bonds. The molecule has 0 aromatic heterocycles. The predicted octanol–water partition coefficient (Wildman–Crippen LogP) is 3.62. The van der Waals surface area contributed by atoms with Gasteiger partial charge in [0.1, 0.15) is 11.5 Å². The van der Waals surface area contributed by atoms with Gasteiger partial charge in [0.25, 0.3) is 11.8 Å². The van der Waals surface area contributed by atoms with E-state index < -0.39 is 17.4 Å². The van der Waals surface area contributed by atoms with Gasteiger partial charge in [0.05, 0.1) is 12.7 Å². The van der Waals surface area contributed by atoms with Gasteiger partial charge in [0, 0.05) is 10.0 Å². The molecular weight excluding hydrogens is 379 g/mol. The van der Waals surface area contributed by atoms with Gasteiger partial charge >= 0.3 is 0 Å². The van der Waals surface area contributed by atoms with Gasteiger partial charge in [-0.1, -0.05) is 23.2 Å². The molecule has 2 rings (SSSR count). The van der Waals surface area contributed by atoms with Gasteiger partial charge in [-0.3, -0.25) is 20.4 Å². The van der Waals surface area contributed by atoms with Crippen LogP contribution in [0.3, 0.4) is 0 Å². The first-order valence-corrected chi connectivity index (χ1v) is 8.37. The summed E-state index contributed by atoms with van der Waals surface area (Å²) in [7, 11) is 1.42. The Labute approximate surface area is 161 Å². The highest BCUT2D eigenvalue weighted by molar-refractivity contribution is 6.31. The van der Waals surface area contributed by atoms with Crippen LogP contribution in [0.4, 0.5) is 0 Å². The van der Waals surface area contributed by atoms with Crippen molar-refractivity contribution in [1.29, 1.82) is 0 Å². The van der Waals surface area contributed by atoms with E-state index in [-0.39, 0.29) is 5.56 Å². The Morgan fingerprint density at radius 1 is 0.962 bits per heavy atom. The Morgan fingerprint density at radius 3 is 2.19 bits per heavy atom. The molecule has 0 aliphatic carbocycles. The molecule has 6 nitrogen and oxygen atoms in total. The molecule has 0 aliphatic rings. The van der Waals surface area contributed by atoms with Crippen molar-refractivity contribution in [2.45, 2.75) is 19.4 Å². The van der Waals surface area contributed by atoms with Crippen molar-refractivity contribution in [2.24, 2.45) is 0 Å². The summed E-state index contributed by atoms with van der Waals surface area (Å²) < 4.78 is 10.8. The smallest absolute Gasteiger partial charge is 0.281 e. The summed E-state index contributed by atoms with van der Waals surface area (Å²) in [4.78, 5) is 24.6. The van der Waals surface area contributed by atoms with Crippen LogP contribution in [-0.4, -0.2) is 24.5 Å². The van der Waals surface area contributed by atoms with E-state index in [2.05, 4.69) is 10.9 Å². The van der Waals surface area contributed by atoms with Crippen LogP contribution in [-0.2, 0) is 4.79 Å². The van der Waals surface area contributed by atoms with Gasteiger partial charge in [-0.2, -0.15) is 0 Å². The zero-order chi connectivity index (χ0) is 19.3. The van der Waals surface area contributed by atoms with E-state index in [4.69, 9.17) is 32.7 Å². The van der Waals surface area contributed by atoms with Crippen molar-refractivity contribution in [2.75, 3.05) is 7.11 Å². The zero-order valence-electron chi connectivity index (χ0n) is 14.4. The largest absolute Gasteiger partial charge is 0.496 e. The lowest BCUT2D eigenvalue weighted by molar-refractivity contribution is -0.135. The standard InChI is InChI=1S/C18H18Cl2N2O4/c1-18(2,26-13-7-4-11(19)5-8-13)17(24)22-21-16(23)14-9-6-12(20)10-15(14)25-3/h4-10H,1-3H3,(H,21,23)(H,22,24). The van der Waals surface area contributed by atoms with Crippen LogP contribution in [0, 0.1) is 0 Å². The molecule has 0 aliphatic heterocycles. The highest BCUT2D eigenvalue weighted by Crippen LogP contribution is 2.23. The summed E-state index contributed by atoms with van der Waals surface area (Å²) in [6, 6.07) is 11.2. The second kappa shape index (κ2) is 8.29. The van der Waals surface area contributed by atoms with Crippen molar-refractivity contribution in [3.8, 4) is 11.5 Å². The third-order valence-electron chi connectivity index (χ3n) is 3.43. The first kappa shape index (κ1) is 19.9. The van der Waals surface area contributed by atoms with E-state index in [0.29, 0.717) is 21.5 Å². The lowest BCUT2D eigenvalue weighted by atomic mass is 10.1. The first-order chi connectivity index (χ1) is 12.2. The highest BCUT2D eigenvalue weighted by Gasteiger charge is 2.30. The zero-order valence-corrected chi connectivity index (χ0v) is 15.9. The van der Waals surface area contributed by atoms with Crippen LogP contribution in [0.25, 0.3) is 0 Å². The second-order valence-corrected chi connectivity index (χ2v) is 6.69. The van der Waals surface area contributed by atoms with Gasteiger partial charge in [0.15, 0.2) is 5.60 Å². The first-order valence-electron chi connectivity index (χ1n) is 7.62. The molecule has 138 valence electrons. The molecule has 0 radical (unpaired) electrons. The lowest BCUT2D eigenvalue weighted by Crippen LogP contribution is -2.53. The molecule has 2 aromatic rings. The number of halogens is 2. The summed E-state index contributed by atoms with van der Waals surface area (Å²) in [5.41, 5.74) is 3.67. The molecule has 0 heterocycles. The molecule has 0 saturated heterocycles. The molecule has 0 saturated carbocycles. The fraction of sp³-hybridized carbons (Fsp3) is 0.222. The average Bonchev–Trinajstić information content (AvgIpc) is 2.60. The highest BCUT2D eigenvalue weighted by atomic mass is 35.5. The fourth-order valence-corrected chi connectivity index (χ4v) is 2.32. The number of carbonyl (C=O) groups excluding carboxylic acids is 2. The summed E-state index contributed by atoms with van der Waals surface area (Å²) in [5.74, 6) is -0.316. The molecule has 0 unspecified atom stereocenters. The summed E-state index contributed by atoms with van der Waals surface area (Å²) in [5, 5.41) is 0.990. The van der Waals surface area contributed by atoms with E-state index in [1.54, 1.807) is 44.2 Å². The number of amides is 2. The number of rotatable bonds is 5. The van der Waals surface area contributed by atoms with Crippen LogP contribution in [0.2, 0.25) is 10.0 Å². The summed E-state index contributed by atoms with van der Waals surface area (Å²) in [6.07, 6.45) is 0. The predicted molar refractivity (Wildman–Crippen MR) is 99.8 cm³/mol. The van der Waals surface area contributed by atoms with Crippen LogP contribution in [0.1, 0.15) is 24.2 Å². The Morgan fingerprint density at radius 2 is 1.58 bits per heavy atom. The van der Waals surface area contributed by atoms with E-state index in [1.807, 2.05) is 0 Å². The van der Waals surface area contributed by atoms with Crippen molar-refractivity contribution in [1.82, 2.24) is 10.9 Å². The number of methoxy groups -OCH3 is 1. The number of benzene rings is 2. The van der Waals surface area contributed by atoms with Crippen molar-refractivity contribution in [3.05, 3.63) is 58.1 Å². The number of hydrogen-bond acceptors (Lipinski definition) is 4. The third-order valence-corrected chi connectivity index (χ3v) is 3.92.